The van der Waals surface area contributed by atoms with Crippen molar-refractivity contribution in [1.29, 1.82) is 0 Å². The summed E-state index contributed by atoms with van der Waals surface area (Å²) in [4.78, 5) is 2.64. The zero-order valence-corrected chi connectivity index (χ0v) is 11.8. The lowest BCUT2D eigenvalue weighted by molar-refractivity contribution is 0.234. The molecule has 1 N–H and O–H groups in total. The van der Waals surface area contributed by atoms with Crippen LogP contribution in [0.15, 0.2) is 0 Å². The first-order valence-corrected chi connectivity index (χ1v) is 7.70. The van der Waals surface area contributed by atoms with Crippen LogP contribution in [0.5, 0.6) is 0 Å². The van der Waals surface area contributed by atoms with Crippen molar-refractivity contribution in [2.75, 3.05) is 26.2 Å². The molecule has 2 aliphatic rings. The van der Waals surface area contributed by atoms with Crippen LogP contribution >= 0.6 is 0 Å². The smallest absolute Gasteiger partial charge is 0.0192 e. The second-order valence-corrected chi connectivity index (χ2v) is 6.39. The van der Waals surface area contributed by atoms with E-state index in [4.69, 9.17) is 0 Å². The van der Waals surface area contributed by atoms with E-state index in [-0.39, 0.29) is 0 Å². The van der Waals surface area contributed by atoms with Gasteiger partial charge in [0.1, 0.15) is 0 Å². The molecular weight excluding hydrogens is 208 g/mol. The summed E-state index contributed by atoms with van der Waals surface area (Å²) in [6.07, 6.45) is 8.63. The van der Waals surface area contributed by atoms with Crippen LogP contribution in [0.1, 0.15) is 52.4 Å². The summed E-state index contributed by atoms with van der Waals surface area (Å²) in [5, 5.41) is 3.71. The molecule has 17 heavy (non-hydrogen) atoms. The molecule has 0 radical (unpaired) electrons. The lowest BCUT2D eigenvalue weighted by atomic mass is 9.82. The number of nitrogens with one attached hydrogen (secondary N) is 1. The van der Waals surface area contributed by atoms with Gasteiger partial charge in [-0.05, 0) is 64.1 Å². The predicted molar refractivity (Wildman–Crippen MR) is 74.3 cm³/mol. The van der Waals surface area contributed by atoms with E-state index in [1.165, 1.54) is 64.7 Å². The van der Waals surface area contributed by atoms with Crippen molar-refractivity contribution in [3.63, 3.8) is 0 Å². The molecule has 2 heteroatoms. The quantitative estimate of drug-likeness (QED) is 0.792. The van der Waals surface area contributed by atoms with Gasteiger partial charge >= 0.3 is 0 Å². The third-order valence-electron chi connectivity index (χ3n) is 4.68. The maximum Gasteiger partial charge on any atom is 0.0192 e. The molecule has 0 aromatic heterocycles. The third-order valence-corrected chi connectivity index (χ3v) is 4.68. The van der Waals surface area contributed by atoms with Crippen molar-refractivity contribution >= 4 is 0 Å². The SMILES string of the molecule is CC1CCCC(CNCC(C)N2CCCC2)C1. The third kappa shape index (κ3) is 4.26. The van der Waals surface area contributed by atoms with E-state index in [0.717, 1.165) is 17.9 Å². The summed E-state index contributed by atoms with van der Waals surface area (Å²) in [5.74, 6) is 1.91. The highest BCUT2D eigenvalue weighted by Crippen LogP contribution is 2.27. The Morgan fingerprint density at radius 3 is 2.65 bits per heavy atom. The Balaban J connectivity index is 1.58. The van der Waals surface area contributed by atoms with Gasteiger partial charge in [-0.3, -0.25) is 4.90 Å². The number of hydrogen-bond acceptors (Lipinski definition) is 2. The van der Waals surface area contributed by atoms with E-state index in [0.29, 0.717) is 0 Å². The van der Waals surface area contributed by atoms with Crippen LogP contribution in [0.2, 0.25) is 0 Å². The Bertz CT molecular complexity index is 209. The molecule has 3 unspecified atom stereocenters. The maximum absolute atomic E-state index is 3.71. The van der Waals surface area contributed by atoms with E-state index < -0.39 is 0 Å². The van der Waals surface area contributed by atoms with Gasteiger partial charge in [0.25, 0.3) is 0 Å². The molecule has 1 saturated heterocycles. The fourth-order valence-electron chi connectivity index (χ4n) is 3.55. The molecule has 0 bridgehead atoms. The predicted octanol–water partition coefficient (Wildman–Crippen LogP) is 2.89. The van der Waals surface area contributed by atoms with Crippen LogP contribution in [-0.4, -0.2) is 37.1 Å². The minimum absolute atomic E-state index is 0.735. The highest BCUT2D eigenvalue weighted by molar-refractivity contribution is 4.77. The molecule has 1 aliphatic carbocycles. The first-order chi connectivity index (χ1) is 8.25. The highest BCUT2D eigenvalue weighted by atomic mass is 15.2. The lowest BCUT2D eigenvalue weighted by Crippen LogP contribution is -2.40. The monoisotopic (exact) mass is 238 g/mol. The van der Waals surface area contributed by atoms with E-state index in [9.17, 15) is 0 Å². The van der Waals surface area contributed by atoms with E-state index in [1.54, 1.807) is 0 Å². The topological polar surface area (TPSA) is 15.3 Å². The van der Waals surface area contributed by atoms with Crippen molar-refractivity contribution in [1.82, 2.24) is 10.2 Å². The Morgan fingerprint density at radius 1 is 1.18 bits per heavy atom. The number of nitrogens with zero attached hydrogens (tertiary/aromatic N) is 1. The molecule has 2 nitrogen and oxygen atoms in total. The van der Waals surface area contributed by atoms with E-state index in [2.05, 4.69) is 24.1 Å². The van der Waals surface area contributed by atoms with Gasteiger partial charge in [-0.2, -0.15) is 0 Å². The number of rotatable bonds is 5. The van der Waals surface area contributed by atoms with Crippen LogP contribution in [0.3, 0.4) is 0 Å². The Hall–Kier alpha value is -0.0800. The van der Waals surface area contributed by atoms with Crippen molar-refractivity contribution in [3.05, 3.63) is 0 Å². The zero-order valence-electron chi connectivity index (χ0n) is 11.8. The van der Waals surface area contributed by atoms with Crippen molar-refractivity contribution in [3.8, 4) is 0 Å². The largest absolute Gasteiger partial charge is 0.315 e. The molecule has 2 fully saturated rings. The first-order valence-electron chi connectivity index (χ1n) is 7.70. The van der Waals surface area contributed by atoms with E-state index in [1.807, 2.05) is 0 Å². The van der Waals surface area contributed by atoms with Gasteiger partial charge in [0.2, 0.25) is 0 Å². The van der Waals surface area contributed by atoms with Gasteiger partial charge in [0, 0.05) is 12.6 Å². The first kappa shape index (κ1) is 13.4. The summed E-state index contributed by atoms with van der Waals surface area (Å²) >= 11 is 0. The summed E-state index contributed by atoms with van der Waals surface area (Å²) in [7, 11) is 0. The molecule has 0 aromatic rings. The van der Waals surface area contributed by atoms with Gasteiger partial charge in [-0.25, -0.2) is 0 Å². The molecule has 1 saturated carbocycles. The zero-order chi connectivity index (χ0) is 12.1. The molecule has 0 aromatic carbocycles. The van der Waals surface area contributed by atoms with Crippen LogP contribution in [0, 0.1) is 11.8 Å². The standard InChI is InChI=1S/C15H30N2/c1-13-6-5-7-15(10-13)12-16-11-14(2)17-8-3-4-9-17/h13-16H,3-12H2,1-2H3. The van der Waals surface area contributed by atoms with Gasteiger partial charge in [-0.1, -0.05) is 19.8 Å². The lowest BCUT2D eigenvalue weighted by Gasteiger charge is -2.29. The van der Waals surface area contributed by atoms with Gasteiger partial charge < -0.3 is 5.32 Å². The van der Waals surface area contributed by atoms with Crippen LogP contribution < -0.4 is 5.32 Å². The van der Waals surface area contributed by atoms with Crippen LogP contribution in [0.25, 0.3) is 0 Å². The van der Waals surface area contributed by atoms with Crippen LogP contribution in [-0.2, 0) is 0 Å². The second kappa shape index (κ2) is 6.75. The Kier molecular flexibility index (Phi) is 5.30. The normalized spacial score (nSPS) is 32.8. The number of hydrogen-bond donors (Lipinski definition) is 1. The summed E-state index contributed by atoms with van der Waals surface area (Å²) < 4.78 is 0. The van der Waals surface area contributed by atoms with Gasteiger partial charge in [0.15, 0.2) is 0 Å². The molecule has 1 heterocycles. The summed E-state index contributed by atoms with van der Waals surface area (Å²) in [5.41, 5.74) is 0. The molecule has 1 aliphatic heterocycles. The second-order valence-electron chi connectivity index (χ2n) is 6.39. The fraction of sp³-hybridized carbons (Fsp3) is 1.00. The van der Waals surface area contributed by atoms with Gasteiger partial charge in [0.05, 0.1) is 0 Å². The minimum atomic E-state index is 0.735. The maximum atomic E-state index is 3.71. The van der Waals surface area contributed by atoms with Gasteiger partial charge in [-0.15, -0.1) is 0 Å². The summed E-state index contributed by atoms with van der Waals surface area (Å²) in [6, 6.07) is 0.735. The fourth-order valence-corrected chi connectivity index (χ4v) is 3.55. The van der Waals surface area contributed by atoms with E-state index >= 15 is 0 Å². The molecule has 3 atom stereocenters. The van der Waals surface area contributed by atoms with Crippen molar-refractivity contribution < 1.29 is 0 Å². The molecule has 0 amide bonds. The number of likely N-dealkylation sites (tertiary alicyclic amines) is 1. The Labute approximate surface area is 107 Å². The molecule has 2 rings (SSSR count). The molecule has 100 valence electrons. The minimum Gasteiger partial charge on any atom is -0.315 e. The Morgan fingerprint density at radius 2 is 1.94 bits per heavy atom. The average Bonchev–Trinajstić information content (AvgIpc) is 2.82. The highest BCUT2D eigenvalue weighted by Gasteiger charge is 2.20. The van der Waals surface area contributed by atoms with Crippen molar-refractivity contribution in [2.45, 2.75) is 58.4 Å². The molecular formula is C15H30N2. The molecule has 0 spiro atoms. The average molecular weight is 238 g/mol. The summed E-state index contributed by atoms with van der Waals surface area (Å²) in [6.45, 7) is 9.88. The van der Waals surface area contributed by atoms with Crippen LogP contribution in [0.4, 0.5) is 0 Å². The van der Waals surface area contributed by atoms with Crippen molar-refractivity contribution in [2.24, 2.45) is 11.8 Å².